The third kappa shape index (κ3) is 8.52. The number of hydrogen-bond acceptors (Lipinski definition) is 4. The lowest BCUT2D eigenvalue weighted by Gasteiger charge is -2.08. The molecule has 3 amide bonds. The normalized spacial score (nSPS) is 10.9. The second kappa shape index (κ2) is 17.7. The monoisotopic (exact) mass is 881 g/mol. The summed E-state index contributed by atoms with van der Waals surface area (Å²) in [6, 6.07) is 33.0. The van der Waals surface area contributed by atoms with Gasteiger partial charge in [0.05, 0.1) is 22.7 Å². The first-order valence-corrected chi connectivity index (χ1v) is 19.7. The highest BCUT2D eigenvalue weighted by molar-refractivity contribution is 6.30. The quantitative estimate of drug-likeness (QED) is 0.122. The van der Waals surface area contributed by atoms with Crippen molar-refractivity contribution in [2.75, 3.05) is 0 Å². The SMILES string of the molecule is Cc1c(C(N)=O)n(C)c2ccc(C#N)c(-c3ccc(Cl)cc3)c12.Cn1c(C(N)=O)cc2cc(F)cc(-c3ccc(F)cc3)c21.NC(=O)c1cc2cc(F)cc(-c3ccc(F)cc3)c2[nH]1. The third-order valence-electron chi connectivity index (χ3n) is 10.7. The maximum absolute atomic E-state index is 13.8. The first kappa shape index (κ1) is 43.9. The third-order valence-corrected chi connectivity index (χ3v) is 11.0. The van der Waals surface area contributed by atoms with Gasteiger partial charge in [-0.3, -0.25) is 14.4 Å². The number of amides is 3. The lowest BCUT2D eigenvalue weighted by Crippen LogP contribution is -2.16. The molecule has 0 spiro atoms. The first-order chi connectivity index (χ1) is 30.5. The van der Waals surface area contributed by atoms with Crippen molar-refractivity contribution in [3.63, 3.8) is 0 Å². The van der Waals surface area contributed by atoms with Crippen LogP contribution in [-0.2, 0) is 14.1 Å². The molecule has 3 heterocycles. The molecular weight excluding hydrogens is 846 g/mol. The lowest BCUT2D eigenvalue weighted by molar-refractivity contribution is 0.0984. The summed E-state index contributed by atoms with van der Waals surface area (Å²) in [4.78, 5) is 37.3. The molecule has 0 aliphatic heterocycles. The Morgan fingerprint density at radius 3 is 1.72 bits per heavy atom. The Morgan fingerprint density at radius 1 is 0.625 bits per heavy atom. The molecule has 0 unspecified atom stereocenters. The van der Waals surface area contributed by atoms with Crippen molar-refractivity contribution in [3.05, 3.63) is 178 Å². The highest BCUT2D eigenvalue weighted by Gasteiger charge is 2.22. The summed E-state index contributed by atoms with van der Waals surface area (Å²) in [7, 11) is 3.49. The van der Waals surface area contributed by atoms with Crippen LogP contribution >= 0.6 is 11.6 Å². The summed E-state index contributed by atoms with van der Waals surface area (Å²) in [5.74, 6) is -3.29. The molecule has 3 aromatic heterocycles. The zero-order valence-corrected chi connectivity index (χ0v) is 35.0. The van der Waals surface area contributed by atoms with E-state index in [0.717, 1.165) is 27.6 Å². The van der Waals surface area contributed by atoms with Crippen LogP contribution in [-0.4, -0.2) is 31.8 Å². The minimum Gasteiger partial charge on any atom is -0.364 e. The molecule has 10 nitrogen and oxygen atoms in total. The number of primary amides is 3. The number of nitrogens with one attached hydrogen (secondary N) is 1. The Balaban J connectivity index is 0.000000144. The van der Waals surface area contributed by atoms with Gasteiger partial charge in [0.25, 0.3) is 17.7 Å². The van der Waals surface area contributed by atoms with Gasteiger partial charge in [-0.25, -0.2) is 17.6 Å². The summed E-state index contributed by atoms with van der Waals surface area (Å²) in [5.41, 5.74) is 24.6. The molecule has 0 fully saturated rings. The number of aromatic nitrogens is 3. The number of nitriles is 1. The molecule has 0 saturated heterocycles. The topological polar surface area (TPSA) is 179 Å². The zero-order chi connectivity index (χ0) is 46.1. The minimum absolute atomic E-state index is 0.203. The fraction of sp³-hybridized carbons (Fsp3) is 0.0612. The molecule has 0 radical (unpaired) electrons. The van der Waals surface area contributed by atoms with Crippen molar-refractivity contribution < 1.29 is 31.9 Å². The van der Waals surface area contributed by atoms with Gasteiger partial charge in [0, 0.05) is 57.5 Å². The van der Waals surface area contributed by atoms with Crippen LogP contribution in [0.25, 0.3) is 66.1 Å². The molecule has 9 rings (SSSR count). The van der Waals surface area contributed by atoms with E-state index in [4.69, 9.17) is 28.8 Å². The van der Waals surface area contributed by atoms with Gasteiger partial charge in [0.2, 0.25) is 0 Å². The zero-order valence-electron chi connectivity index (χ0n) is 34.2. The molecule has 0 saturated carbocycles. The average molecular weight is 882 g/mol. The van der Waals surface area contributed by atoms with Gasteiger partial charge in [-0.2, -0.15) is 5.26 Å². The van der Waals surface area contributed by atoms with Gasteiger partial charge in [-0.1, -0.05) is 48.0 Å². The van der Waals surface area contributed by atoms with E-state index in [0.29, 0.717) is 66.0 Å². The van der Waals surface area contributed by atoms with E-state index in [2.05, 4.69) is 11.1 Å². The number of H-pyrrole nitrogens is 1. The molecule has 7 N–H and O–H groups in total. The van der Waals surface area contributed by atoms with Gasteiger partial charge < -0.3 is 31.3 Å². The van der Waals surface area contributed by atoms with Crippen molar-refractivity contribution in [1.82, 2.24) is 14.1 Å². The number of hydrogen-bond donors (Lipinski definition) is 4. The number of rotatable bonds is 6. The summed E-state index contributed by atoms with van der Waals surface area (Å²) >= 11 is 5.96. The summed E-state index contributed by atoms with van der Waals surface area (Å²) in [6.07, 6.45) is 0. The van der Waals surface area contributed by atoms with E-state index in [-0.39, 0.29) is 17.3 Å². The standard InChI is InChI=1S/C18H14ClN3O.C16H12F2N2O.C15H10F2N2O/c1-10-15-14(22(2)17(10)18(21)23)8-5-12(9-20)16(15)11-3-6-13(19)7-4-11;1-20-14(16(19)21)7-10-6-12(18)8-13(15(10)20)9-2-4-11(17)5-3-9;16-10-3-1-8(2-4-10)12-7-11(17)5-9-6-13(15(18)20)19-14(9)12/h3-8H,1-2H3,(H2,21,23);2-8H,1H3,(H2,19,21);1-7,19H,(H2,18,20). The molecule has 6 aromatic carbocycles. The maximum Gasteiger partial charge on any atom is 0.265 e. The first-order valence-electron chi connectivity index (χ1n) is 19.3. The Hall–Kier alpha value is -8.15. The number of nitrogens with two attached hydrogens (primary N) is 3. The van der Waals surface area contributed by atoms with Crippen molar-refractivity contribution >= 4 is 62.0 Å². The van der Waals surface area contributed by atoms with Crippen molar-refractivity contribution in [2.24, 2.45) is 31.3 Å². The fourth-order valence-electron chi connectivity index (χ4n) is 7.85. The number of nitrogens with zero attached hydrogens (tertiary/aromatic N) is 3. The molecule has 0 bridgehead atoms. The smallest absolute Gasteiger partial charge is 0.265 e. The maximum atomic E-state index is 13.8. The molecule has 9 aromatic rings. The largest absolute Gasteiger partial charge is 0.364 e. The van der Waals surface area contributed by atoms with Crippen molar-refractivity contribution in [1.29, 1.82) is 5.26 Å². The summed E-state index contributed by atoms with van der Waals surface area (Å²) < 4.78 is 56.9. The minimum atomic E-state index is -0.619. The molecule has 320 valence electrons. The van der Waals surface area contributed by atoms with Crippen LogP contribution in [0.3, 0.4) is 0 Å². The second-order valence-electron chi connectivity index (χ2n) is 14.7. The predicted octanol–water partition coefficient (Wildman–Crippen LogP) is 10.2. The number of fused-ring (bicyclic) bond motifs is 3. The number of aromatic amines is 1. The predicted molar refractivity (Wildman–Crippen MR) is 240 cm³/mol. The van der Waals surface area contributed by atoms with E-state index in [1.54, 1.807) is 71.8 Å². The van der Waals surface area contributed by atoms with E-state index in [1.165, 1.54) is 54.6 Å². The molecule has 0 atom stereocenters. The van der Waals surface area contributed by atoms with Gasteiger partial charge in [0.15, 0.2) is 0 Å². The van der Waals surface area contributed by atoms with E-state index >= 15 is 0 Å². The Labute approximate surface area is 367 Å². The number of carbonyl (C=O) groups is 3. The highest BCUT2D eigenvalue weighted by Crippen LogP contribution is 2.38. The number of halogens is 5. The molecular formula is C49H36ClF4N7O3. The molecule has 0 aliphatic carbocycles. The highest BCUT2D eigenvalue weighted by atomic mass is 35.5. The van der Waals surface area contributed by atoms with Crippen LogP contribution in [0.2, 0.25) is 5.02 Å². The summed E-state index contributed by atoms with van der Waals surface area (Å²) in [6.45, 7) is 1.85. The Bertz CT molecular complexity index is 3350. The molecule has 64 heavy (non-hydrogen) atoms. The van der Waals surface area contributed by atoms with Crippen LogP contribution in [0.5, 0.6) is 0 Å². The van der Waals surface area contributed by atoms with E-state index in [1.807, 2.05) is 25.1 Å². The van der Waals surface area contributed by atoms with Crippen LogP contribution in [0.15, 0.2) is 121 Å². The number of benzene rings is 6. The Kier molecular flexibility index (Phi) is 12.1. The number of carbonyl (C=O) groups excluding carboxylic acids is 3. The van der Waals surface area contributed by atoms with E-state index < -0.39 is 29.4 Å². The number of aryl methyl sites for hydroxylation is 3. The van der Waals surface area contributed by atoms with Gasteiger partial charge in [0.1, 0.15) is 40.4 Å². The molecule has 0 aliphatic rings. The summed E-state index contributed by atoms with van der Waals surface area (Å²) in [5, 5.41) is 12.1. The molecule has 15 heteroatoms. The van der Waals surface area contributed by atoms with Crippen LogP contribution in [0.1, 0.15) is 42.6 Å². The Morgan fingerprint density at radius 2 is 1.17 bits per heavy atom. The van der Waals surface area contributed by atoms with Gasteiger partial charge >= 0.3 is 0 Å². The van der Waals surface area contributed by atoms with Crippen LogP contribution < -0.4 is 17.2 Å². The van der Waals surface area contributed by atoms with Gasteiger partial charge in [-0.05, 0) is 114 Å². The van der Waals surface area contributed by atoms with Crippen LogP contribution in [0.4, 0.5) is 17.6 Å². The average Bonchev–Trinajstić information content (AvgIpc) is 3.92. The van der Waals surface area contributed by atoms with Crippen molar-refractivity contribution in [3.8, 4) is 39.4 Å². The van der Waals surface area contributed by atoms with Gasteiger partial charge in [-0.15, -0.1) is 0 Å². The van der Waals surface area contributed by atoms with Crippen molar-refractivity contribution in [2.45, 2.75) is 6.92 Å². The van der Waals surface area contributed by atoms with Crippen LogP contribution in [0, 0.1) is 41.5 Å². The van der Waals surface area contributed by atoms with E-state index in [9.17, 15) is 37.2 Å². The lowest BCUT2D eigenvalue weighted by atomic mass is 9.94. The fourth-order valence-corrected chi connectivity index (χ4v) is 7.98. The second-order valence-corrected chi connectivity index (χ2v) is 15.2.